The third-order valence-corrected chi connectivity index (χ3v) is 4.78. The third kappa shape index (κ3) is 5.27. The summed E-state index contributed by atoms with van der Waals surface area (Å²) in [4.78, 5) is 16.6. The number of halogens is 3. The molecule has 0 spiro atoms. The Kier molecular flexibility index (Phi) is 6.39. The predicted molar refractivity (Wildman–Crippen MR) is 97.3 cm³/mol. The van der Waals surface area contributed by atoms with E-state index < -0.39 is 11.7 Å². The number of hydrogen-bond acceptors (Lipinski definition) is 3. The molecule has 26 heavy (non-hydrogen) atoms. The highest BCUT2D eigenvalue weighted by Crippen LogP contribution is 2.30. The molecule has 4 nitrogen and oxygen atoms in total. The van der Waals surface area contributed by atoms with Gasteiger partial charge in [-0.05, 0) is 44.0 Å². The highest BCUT2D eigenvalue weighted by molar-refractivity contribution is 7.99. The van der Waals surface area contributed by atoms with Crippen molar-refractivity contribution >= 4 is 23.4 Å². The molecule has 1 heterocycles. The van der Waals surface area contributed by atoms with Crippen LogP contribution < -0.4 is 5.32 Å². The van der Waals surface area contributed by atoms with Crippen LogP contribution in [0.4, 0.5) is 18.9 Å². The van der Waals surface area contributed by atoms with Crippen molar-refractivity contribution < 1.29 is 18.0 Å². The smallest absolute Gasteiger partial charge is 0.325 e. The number of rotatable bonds is 6. The van der Waals surface area contributed by atoms with E-state index in [0.717, 1.165) is 35.2 Å². The zero-order valence-electron chi connectivity index (χ0n) is 15.1. The number of hydrogen-bond donors (Lipinski definition) is 1. The van der Waals surface area contributed by atoms with E-state index >= 15 is 0 Å². The van der Waals surface area contributed by atoms with Crippen LogP contribution in [0.25, 0.3) is 0 Å². The van der Waals surface area contributed by atoms with Crippen LogP contribution in [0.3, 0.4) is 0 Å². The van der Waals surface area contributed by atoms with Crippen molar-refractivity contribution in [1.82, 2.24) is 9.55 Å². The van der Waals surface area contributed by atoms with E-state index in [1.54, 1.807) is 0 Å². The van der Waals surface area contributed by atoms with Gasteiger partial charge in [0.2, 0.25) is 5.91 Å². The second kappa shape index (κ2) is 8.16. The lowest BCUT2D eigenvalue weighted by Crippen LogP contribution is -2.15. The van der Waals surface area contributed by atoms with Crippen LogP contribution in [0.2, 0.25) is 0 Å². The van der Waals surface area contributed by atoms with E-state index in [9.17, 15) is 18.0 Å². The number of thioether (sulfide) groups is 1. The summed E-state index contributed by atoms with van der Waals surface area (Å²) in [6, 6.07) is 4.40. The second-order valence-corrected chi connectivity index (χ2v) is 7.42. The molecular weight excluding hydrogens is 363 g/mol. The van der Waals surface area contributed by atoms with E-state index in [2.05, 4.69) is 28.7 Å². The third-order valence-electron chi connectivity index (χ3n) is 3.80. The summed E-state index contributed by atoms with van der Waals surface area (Å²) in [5.41, 5.74) is 1.59. The molecule has 0 atom stereocenters. The van der Waals surface area contributed by atoms with Gasteiger partial charge in [0.25, 0.3) is 0 Å². The number of nitrogens with one attached hydrogen (secondary N) is 1. The van der Waals surface area contributed by atoms with Crippen molar-refractivity contribution in [2.45, 2.75) is 45.6 Å². The Balaban J connectivity index is 1.98. The summed E-state index contributed by atoms with van der Waals surface area (Å²) < 4.78 is 39.8. The number of amides is 1. The Labute approximate surface area is 155 Å². The van der Waals surface area contributed by atoms with Crippen LogP contribution in [-0.2, 0) is 17.5 Å². The zero-order valence-corrected chi connectivity index (χ0v) is 16.0. The SMILES string of the molecule is Cc1nc(SCC(=O)Nc2ccc(C(F)(F)F)cc2)n(CC(C)C)c1C. The van der Waals surface area contributed by atoms with E-state index in [4.69, 9.17) is 0 Å². The molecule has 1 aromatic carbocycles. The second-order valence-electron chi connectivity index (χ2n) is 6.48. The average molecular weight is 385 g/mol. The molecule has 0 aliphatic rings. The van der Waals surface area contributed by atoms with Crippen molar-refractivity contribution in [2.75, 3.05) is 11.1 Å². The Morgan fingerprint density at radius 1 is 1.23 bits per heavy atom. The van der Waals surface area contributed by atoms with Crippen molar-refractivity contribution in [3.05, 3.63) is 41.2 Å². The lowest BCUT2D eigenvalue weighted by molar-refractivity contribution is -0.137. The van der Waals surface area contributed by atoms with Crippen molar-refractivity contribution in [3.8, 4) is 0 Å². The first-order valence-corrected chi connectivity index (χ1v) is 9.20. The monoisotopic (exact) mass is 385 g/mol. The maximum atomic E-state index is 12.6. The summed E-state index contributed by atoms with van der Waals surface area (Å²) in [6.45, 7) is 8.96. The summed E-state index contributed by atoms with van der Waals surface area (Å²) >= 11 is 1.32. The number of aryl methyl sites for hydroxylation is 1. The summed E-state index contributed by atoms with van der Waals surface area (Å²) in [5, 5.41) is 3.38. The first-order valence-electron chi connectivity index (χ1n) is 8.21. The van der Waals surface area contributed by atoms with E-state index in [1.165, 1.54) is 23.9 Å². The number of imidazole rings is 1. The summed E-state index contributed by atoms with van der Waals surface area (Å²) in [7, 11) is 0. The minimum atomic E-state index is -4.39. The molecule has 0 aliphatic carbocycles. The Bertz CT molecular complexity index is 767. The Morgan fingerprint density at radius 2 is 1.85 bits per heavy atom. The van der Waals surface area contributed by atoms with Gasteiger partial charge in [0.05, 0.1) is 17.0 Å². The number of alkyl halides is 3. The molecule has 2 aromatic rings. The number of carbonyl (C=O) groups excluding carboxylic acids is 1. The molecule has 0 fully saturated rings. The molecule has 1 aromatic heterocycles. The first kappa shape index (κ1) is 20.4. The highest BCUT2D eigenvalue weighted by Gasteiger charge is 2.30. The summed E-state index contributed by atoms with van der Waals surface area (Å²) in [6.07, 6.45) is -4.39. The van der Waals surface area contributed by atoms with Crippen molar-refractivity contribution in [2.24, 2.45) is 5.92 Å². The number of benzene rings is 1. The Hall–Kier alpha value is -1.96. The van der Waals surface area contributed by atoms with E-state index in [1.807, 2.05) is 13.8 Å². The van der Waals surface area contributed by atoms with Gasteiger partial charge in [0.1, 0.15) is 0 Å². The molecule has 0 radical (unpaired) electrons. The molecule has 1 amide bonds. The zero-order chi connectivity index (χ0) is 19.5. The lowest BCUT2D eigenvalue weighted by atomic mass is 10.2. The van der Waals surface area contributed by atoms with Crippen LogP contribution in [0.5, 0.6) is 0 Å². The minimum absolute atomic E-state index is 0.134. The molecule has 0 saturated carbocycles. The first-order chi connectivity index (χ1) is 12.1. The molecule has 1 N–H and O–H groups in total. The van der Waals surface area contributed by atoms with Gasteiger partial charge in [-0.1, -0.05) is 25.6 Å². The van der Waals surface area contributed by atoms with Gasteiger partial charge in [-0.15, -0.1) is 0 Å². The van der Waals surface area contributed by atoms with E-state index in [0.29, 0.717) is 11.6 Å². The van der Waals surface area contributed by atoms with Crippen LogP contribution in [0.15, 0.2) is 29.4 Å². The predicted octanol–water partition coefficient (Wildman–Crippen LogP) is 4.91. The fourth-order valence-corrected chi connectivity index (χ4v) is 3.28. The number of carbonyl (C=O) groups is 1. The van der Waals surface area contributed by atoms with Crippen LogP contribution in [0.1, 0.15) is 30.8 Å². The van der Waals surface area contributed by atoms with Crippen LogP contribution >= 0.6 is 11.8 Å². The molecule has 0 saturated heterocycles. The van der Waals surface area contributed by atoms with Gasteiger partial charge in [-0.3, -0.25) is 4.79 Å². The fourth-order valence-electron chi connectivity index (χ4n) is 2.38. The van der Waals surface area contributed by atoms with Gasteiger partial charge in [0.15, 0.2) is 5.16 Å². The molecular formula is C18H22F3N3OS. The quantitative estimate of drug-likeness (QED) is 0.719. The maximum absolute atomic E-state index is 12.6. The molecule has 0 bridgehead atoms. The topological polar surface area (TPSA) is 46.9 Å². The van der Waals surface area contributed by atoms with Crippen LogP contribution in [0, 0.1) is 19.8 Å². The normalized spacial score (nSPS) is 11.8. The number of nitrogens with zero attached hydrogens (tertiary/aromatic N) is 2. The standard InChI is InChI=1S/C18H22F3N3OS/c1-11(2)9-24-13(4)12(3)22-17(24)26-10-16(25)23-15-7-5-14(6-8-15)18(19,20)21/h5-8,11H,9-10H2,1-4H3,(H,23,25). The largest absolute Gasteiger partial charge is 0.416 e. The van der Waals surface area contributed by atoms with Gasteiger partial charge < -0.3 is 9.88 Å². The van der Waals surface area contributed by atoms with Gasteiger partial charge in [-0.2, -0.15) is 13.2 Å². The summed E-state index contributed by atoms with van der Waals surface area (Å²) in [5.74, 6) is 0.293. The molecule has 142 valence electrons. The molecule has 2 rings (SSSR count). The number of aromatic nitrogens is 2. The van der Waals surface area contributed by atoms with Crippen LogP contribution in [-0.4, -0.2) is 21.2 Å². The van der Waals surface area contributed by atoms with Crippen molar-refractivity contribution in [3.63, 3.8) is 0 Å². The average Bonchev–Trinajstić information content (AvgIpc) is 2.80. The maximum Gasteiger partial charge on any atom is 0.416 e. The van der Waals surface area contributed by atoms with Gasteiger partial charge in [-0.25, -0.2) is 4.98 Å². The number of anilines is 1. The van der Waals surface area contributed by atoms with Gasteiger partial charge in [0, 0.05) is 17.9 Å². The molecule has 0 unspecified atom stereocenters. The van der Waals surface area contributed by atoms with Gasteiger partial charge >= 0.3 is 6.18 Å². The molecule has 0 aliphatic heterocycles. The fraction of sp³-hybridized carbons (Fsp3) is 0.444. The van der Waals surface area contributed by atoms with Crippen molar-refractivity contribution in [1.29, 1.82) is 0 Å². The van der Waals surface area contributed by atoms with E-state index in [-0.39, 0.29) is 11.7 Å². The lowest BCUT2D eigenvalue weighted by Gasteiger charge is -2.12. The Morgan fingerprint density at radius 3 is 2.38 bits per heavy atom. The molecule has 8 heteroatoms. The minimum Gasteiger partial charge on any atom is -0.325 e. The highest BCUT2D eigenvalue weighted by atomic mass is 32.2.